The van der Waals surface area contributed by atoms with Crippen LogP contribution in [0.3, 0.4) is 0 Å². The quantitative estimate of drug-likeness (QED) is 0.251. The summed E-state index contributed by atoms with van der Waals surface area (Å²) in [7, 11) is 0. The number of rotatable bonds is 3. The summed E-state index contributed by atoms with van der Waals surface area (Å²) in [4.78, 5) is 3.74. The second-order valence-corrected chi connectivity index (χ2v) is 8.39. The zero-order chi connectivity index (χ0) is 23.8. The van der Waals surface area contributed by atoms with Gasteiger partial charge in [0.2, 0.25) is 0 Å². The van der Waals surface area contributed by atoms with Crippen LogP contribution in [0, 0.1) is 17.9 Å². The van der Waals surface area contributed by atoms with Crippen molar-refractivity contribution in [2.75, 3.05) is 0 Å². The molecular formula is C32H19N3. The van der Waals surface area contributed by atoms with Crippen LogP contribution in [0.4, 0.5) is 5.69 Å². The number of hydrogen-bond donors (Lipinski definition) is 0. The average Bonchev–Trinajstić information content (AvgIpc) is 3.28. The highest BCUT2D eigenvalue weighted by Crippen LogP contribution is 2.42. The molecule has 0 saturated carbocycles. The Balaban J connectivity index is 1.70. The molecule has 1 heterocycles. The zero-order valence-corrected chi connectivity index (χ0v) is 18.8. The predicted octanol–water partition coefficient (Wildman–Crippen LogP) is 8.54. The lowest BCUT2D eigenvalue weighted by Crippen LogP contribution is -1.94. The van der Waals surface area contributed by atoms with E-state index in [9.17, 15) is 5.26 Å². The number of fused-ring (bicyclic) bond motifs is 3. The lowest BCUT2D eigenvalue weighted by Gasteiger charge is -2.12. The SMILES string of the molecule is [C-]#[N+]c1cccc(C#N)c1-c1cccc2c1c1ccccc1n2-c1cccc(-c2ccccc2)c1. The minimum Gasteiger partial charge on any atom is -0.309 e. The maximum atomic E-state index is 9.85. The van der Waals surface area contributed by atoms with Gasteiger partial charge in [-0.3, -0.25) is 0 Å². The molecule has 0 fully saturated rings. The molecule has 1 aromatic heterocycles. The fourth-order valence-corrected chi connectivity index (χ4v) is 4.97. The molecule has 0 aliphatic heterocycles. The third kappa shape index (κ3) is 3.27. The van der Waals surface area contributed by atoms with Gasteiger partial charge in [0.25, 0.3) is 0 Å². The molecule has 0 unspecified atom stereocenters. The van der Waals surface area contributed by atoms with Gasteiger partial charge in [0.05, 0.1) is 23.7 Å². The average molecular weight is 446 g/mol. The molecule has 0 amide bonds. The molecule has 0 saturated heterocycles. The van der Waals surface area contributed by atoms with E-state index in [0.29, 0.717) is 16.8 Å². The minimum atomic E-state index is 0.486. The predicted molar refractivity (Wildman–Crippen MR) is 143 cm³/mol. The maximum absolute atomic E-state index is 9.85. The number of para-hydroxylation sites is 1. The molecule has 0 aliphatic rings. The monoisotopic (exact) mass is 445 g/mol. The molecular weight excluding hydrogens is 426 g/mol. The van der Waals surface area contributed by atoms with Crippen molar-refractivity contribution in [1.29, 1.82) is 5.26 Å². The first-order valence-electron chi connectivity index (χ1n) is 11.4. The second kappa shape index (κ2) is 8.34. The van der Waals surface area contributed by atoms with Gasteiger partial charge in [-0.15, -0.1) is 0 Å². The van der Waals surface area contributed by atoms with E-state index in [2.05, 4.69) is 82.2 Å². The normalized spacial score (nSPS) is 10.8. The molecule has 3 nitrogen and oxygen atoms in total. The van der Waals surface area contributed by atoms with Crippen LogP contribution in [0.15, 0.2) is 115 Å². The fraction of sp³-hybridized carbons (Fsp3) is 0. The first-order valence-corrected chi connectivity index (χ1v) is 11.4. The number of nitriles is 1. The fourth-order valence-electron chi connectivity index (χ4n) is 4.97. The minimum absolute atomic E-state index is 0.486. The molecule has 0 bridgehead atoms. The van der Waals surface area contributed by atoms with Crippen LogP contribution in [0.2, 0.25) is 0 Å². The molecule has 0 N–H and O–H groups in total. The van der Waals surface area contributed by atoms with Crippen molar-refractivity contribution in [1.82, 2.24) is 4.57 Å². The van der Waals surface area contributed by atoms with Crippen LogP contribution in [0.1, 0.15) is 5.56 Å². The van der Waals surface area contributed by atoms with Crippen molar-refractivity contribution < 1.29 is 0 Å². The van der Waals surface area contributed by atoms with E-state index in [4.69, 9.17) is 6.57 Å². The number of hydrogen-bond acceptors (Lipinski definition) is 1. The molecule has 6 aromatic rings. The van der Waals surface area contributed by atoms with Crippen LogP contribution in [0.5, 0.6) is 0 Å². The Labute approximate surface area is 203 Å². The Kier molecular flexibility index (Phi) is 4.88. The highest BCUT2D eigenvalue weighted by atomic mass is 15.0. The molecule has 0 radical (unpaired) electrons. The van der Waals surface area contributed by atoms with E-state index in [0.717, 1.165) is 38.6 Å². The largest absolute Gasteiger partial charge is 0.309 e. The number of aromatic nitrogens is 1. The zero-order valence-electron chi connectivity index (χ0n) is 18.8. The van der Waals surface area contributed by atoms with Crippen LogP contribution in [-0.2, 0) is 0 Å². The van der Waals surface area contributed by atoms with E-state index in [1.807, 2.05) is 30.3 Å². The van der Waals surface area contributed by atoms with E-state index in [-0.39, 0.29) is 0 Å². The number of nitrogens with zero attached hydrogens (tertiary/aromatic N) is 3. The Morgan fingerprint density at radius 3 is 2.23 bits per heavy atom. The molecule has 35 heavy (non-hydrogen) atoms. The Morgan fingerprint density at radius 1 is 0.686 bits per heavy atom. The third-order valence-electron chi connectivity index (χ3n) is 6.46. The summed E-state index contributed by atoms with van der Waals surface area (Å²) >= 11 is 0. The topological polar surface area (TPSA) is 33.1 Å². The van der Waals surface area contributed by atoms with Crippen LogP contribution >= 0.6 is 0 Å². The van der Waals surface area contributed by atoms with Gasteiger partial charge < -0.3 is 4.57 Å². The van der Waals surface area contributed by atoms with Crippen molar-refractivity contribution in [2.45, 2.75) is 0 Å². The smallest absolute Gasteiger partial charge is 0.196 e. The summed E-state index contributed by atoms with van der Waals surface area (Å²) in [5.41, 5.74) is 8.09. The summed E-state index contributed by atoms with van der Waals surface area (Å²) in [6.45, 7) is 7.73. The highest BCUT2D eigenvalue weighted by Gasteiger charge is 2.19. The Hall–Kier alpha value is -5.12. The van der Waals surface area contributed by atoms with Gasteiger partial charge in [-0.25, -0.2) is 4.85 Å². The standard InChI is InChI=1S/C32H19N3/c1-34-28-17-8-13-24(21-33)31(28)27-16-9-19-30-32(27)26-15-5-6-18-29(26)35(30)25-14-7-12-23(20-25)22-10-3-2-4-11-22/h2-20H. The highest BCUT2D eigenvalue weighted by molar-refractivity contribution is 6.17. The molecule has 162 valence electrons. The van der Waals surface area contributed by atoms with Gasteiger partial charge in [0.15, 0.2) is 5.69 Å². The van der Waals surface area contributed by atoms with Crippen molar-refractivity contribution in [2.24, 2.45) is 0 Å². The van der Waals surface area contributed by atoms with E-state index in [1.165, 1.54) is 5.56 Å². The van der Waals surface area contributed by atoms with Crippen LogP contribution < -0.4 is 0 Å². The third-order valence-corrected chi connectivity index (χ3v) is 6.46. The molecule has 5 aromatic carbocycles. The summed E-state index contributed by atoms with van der Waals surface area (Å²) < 4.78 is 2.27. The first-order chi connectivity index (χ1) is 17.3. The van der Waals surface area contributed by atoms with E-state index in [1.54, 1.807) is 18.2 Å². The molecule has 0 atom stereocenters. The second-order valence-electron chi connectivity index (χ2n) is 8.39. The van der Waals surface area contributed by atoms with Gasteiger partial charge >= 0.3 is 0 Å². The van der Waals surface area contributed by atoms with Crippen molar-refractivity contribution in [3.63, 3.8) is 0 Å². The molecule has 6 rings (SSSR count). The van der Waals surface area contributed by atoms with E-state index >= 15 is 0 Å². The number of benzene rings is 5. The van der Waals surface area contributed by atoms with E-state index < -0.39 is 0 Å². The Bertz CT molecular complexity index is 1780. The lowest BCUT2D eigenvalue weighted by atomic mass is 9.94. The molecule has 0 aliphatic carbocycles. The summed E-state index contributed by atoms with van der Waals surface area (Å²) in [5.74, 6) is 0. The summed E-state index contributed by atoms with van der Waals surface area (Å²) in [5, 5.41) is 12.0. The van der Waals surface area contributed by atoms with Crippen molar-refractivity contribution in [3.8, 4) is 34.0 Å². The summed E-state index contributed by atoms with van der Waals surface area (Å²) in [6.07, 6.45) is 0. The van der Waals surface area contributed by atoms with Gasteiger partial charge in [-0.1, -0.05) is 84.9 Å². The lowest BCUT2D eigenvalue weighted by molar-refractivity contribution is 1.18. The van der Waals surface area contributed by atoms with Gasteiger partial charge in [0, 0.05) is 27.6 Å². The van der Waals surface area contributed by atoms with Crippen LogP contribution in [-0.4, -0.2) is 4.57 Å². The summed E-state index contributed by atoms with van der Waals surface area (Å²) in [6, 6.07) is 41.0. The maximum Gasteiger partial charge on any atom is 0.196 e. The van der Waals surface area contributed by atoms with Crippen molar-refractivity contribution in [3.05, 3.63) is 132 Å². The van der Waals surface area contributed by atoms with Crippen LogP contribution in [0.25, 0.3) is 54.6 Å². The molecule has 0 spiro atoms. The molecule has 3 heteroatoms. The Morgan fingerprint density at radius 2 is 1.40 bits per heavy atom. The first kappa shape index (κ1) is 20.5. The van der Waals surface area contributed by atoms with Gasteiger partial charge in [0.1, 0.15) is 0 Å². The van der Waals surface area contributed by atoms with Gasteiger partial charge in [-0.2, -0.15) is 5.26 Å². The van der Waals surface area contributed by atoms with Gasteiger partial charge in [-0.05, 0) is 47.0 Å². The van der Waals surface area contributed by atoms with Crippen molar-refractivity contribution >= 4 is 27.5 Å².